The molecular weight excluding hydrogens is 252 g/mol. The summed E-state index contributed by atoms with van der Waals surface area (Å²) in [6, 6.07) is 9.75. The third-order valence-electron chi connectivity index (χ3n) is 3.06. The maximum atomic E-state index is 11.5. The van der Waals surface area contributed by atoms with Crippen molar-refractivity contribution < 1.29 is 0 Å². The van der Waals surface area contributed by atoms with Crippen LogP contribution in [-0.2, 0) is 19.4 Å². The third kappa shape index (κ3) is 3.93. The summed E-state index contributed by atoms with van der Waals surface area (Å²) in [7, 11) is 0. The Morgan fingerprint density at radius 3 is 2.60 bits per heavy atom. The molecule has 0 saturated heterocycles. The minimum Gasteiger partial charge on any atom is -0.366 e. The van der Waals surface area contributed by atoms with E-state index in [0.29, 0.717) is 31.2 Å². The van der Waals surface area contributed by atoms with Crippen molar-refractivity contribution in [3.8, 4) is 0 Å². The predicted octanol–water partition coefficient (Wildman–Crippen LogP) is 1.45. The SMILES string of the molecule is CCc1nc(NCc2ccc(CCN)cc2)cc(=O)[nH]1. The van der Waals surface area contributed by atoms with Crippen LogP contribution in [0.15, 0.2) is 35.1 Å². The van der Waals surface area contributed by atoms with E-state index in [2.05, 4.69) is 39.6 Å². The van der Waals surface area contributed by atoms with E-state index < -0.39 is 0 Å². The Balaban J connectivity index is 2.01. The third-order valence-corrected chi connectivity index (χ3v) is 3.06. The molecular formula is C15H20N4O. The average molecular weight is 272 g/mol. The summed E-state index contributed by atoms with van der Waals surface area (Å²) in [6.45, 7) is 3.26. The van der Waals surface area contributed by atoms with Crippen molar-refractivity contribution in [3.63, 3.8) is 0 Å². The van der Waals surface area contributed by atoms with Gasteiger partial charge in [-0.15, -0.1) is 0 Å². The van der Waals surface area contributed by atoms with E-state index in [0.717, 1.165) is 12.0 Å². The zero-order valence-corrected chi connectivity index (χ0v) is 11.6. The van der Waals surface area contributed by atoms with E-state index in [4.69, 9.17) is 5.73 Å². The molecule has 4 N–H and O–H groups in total. The minimum atomic E-state index is -0.127. The second kappa shape index (κ2) is 6.86. The monoisotopic (exact) mass is 272 g/mol. The van der Waals surface area contributed by atoms with Gasteiger partial charge >= 0.3 is 0 Å². The van der Waals surface area contributed by atoms with E-state index in [1.54, 1.807) is 0 Å². The first-order valence-electron chi connectivity index (χ1n) is 6.83. The van der Waals surface area contributed by atoms with Crippen LogP contribution in [0, 0.1) is 0 Å². The fourth-order valence-corrected chi connectivity index (χ4v) is 1.95. The fraction of sp³-hybridized carbons (Fsp3) is 0.333. The molecule has 5 nitrogen and oxygen atoms in total. The second-order valence-electron chi connectivity index (χ2n) is 4.64. The molecule has 0 aliphatic carbocycles. The molecule has 1 aromatic heterocycles. The van der Waals surface area contributed by atoms with E-state index in [9.17, 15) is 4.79 Å². The Bertz CT molecular complexity index is 604. The summed E-state index contributed by atoms with van der Waals surface area (Å²) < 4.78 is 0. The van der Waals surface area contributed by atoms with Crippen LogP contribution in [0.4, 0.5) is 5.82 Å². The van der Waals surface area contributed by atoms with Crippen LogP contribution in [0.25, 0.3) is 0 Å². The van der Waals surface area contributed by atoms with Gasteiger partial charge in [0.2, 0.25) is 0 Å². The van der Waals surface area contributed by atoms with Crippen molar-refractivity contribution in [1.82, 2.24) is 9.97 Å². The smallest absolute Gasteiger partial charge is 0.252 e. The standard InChI is InChI=1S/C15H20N4O/c1-2-13-18-14(9-15(20)19-13)17-10-12-5-3-11(4-6-12)7-8-16/h3-6,9H,2,7-8,10,16H2,1H3,(H2,17,18,19,20). The van der Waals surface area contributed by atoms with Gasteiger partial charge in [-0.05, 0) is 24.1 Å². The average Bonchev–Trinajstić information content (AvgIpc) is 2.46. The highest BCUT2D eigenvalue weighted by atomic mass is 16.1. The molecule has 0 fully saturated rings. The second-order valence-corrected chi connectivity index (χ2v) is 4.64. The lowest BCUT2D eigenvalue weighted by atomic mass is 10.1. The molecule has 1 aromatic carbocycles. The lowest BCUT2D eigenvalue weighted by molar-refractivity contribution is 0.914. The number of hydrogen-bond donors (Lipinski definition) is 3. The quantitative estimate of drug-likeness (QED) is 0.743. The number of aromatic nitrogens is 2. The summed E-state index contributed by atoms with van der Waals surface area (Å²) in [6.07, 6.45) is 1.60. The molecule has 0 spiro atoms. The first-order chi connectivity index (χ1) is 9.71. The van der Waals surface area contributed by atoms with Gasteiger partial charge < -0.3 is 16.0 Å². The van der Waals surface area contributed by atoms with Gasteiger partial charge in [-0.1, -0.05) is 31.2 Å². The number of hydrogen-bond acceptors (Lipinski definition) is 4. The number of nitrogens with zero attached hydrogens (tertiary/aromatic N) is 1. The summed E-state index contributed by atoms with van der Waals surface area (Å²) in [5.41, 5.74) is 7.77. The normalized spacial score (nSPS) is 10.5. The largest absolute Gasteiger partial charge is 0.366 e. The van der Waals surface area contributed by atoms with Crippen molar-refractivity contribution in [3.05, 3.63) is 57.6 Å². The van der Waals surface area contributed by atoms with Gasteiger partial charge in [-0.2, -0.15) is 0 Å². The molecule has 0 amide bonds. The van der Waals surface area contributed by atoms with Gasteiger partial charge in [-0.25, -0.2) is 4.98 Å². The Kier molecular flexibility index (Phi) is 4.90. The van der Waals surface area contributed by atoms with Crippen molar-refractivity contribution in [2.24, 2.45) is 5.73 Å². The lowest BCUT2D eigenvalue weighted by Gasteiger charge is -2.07. The molecule has 0 aliphatic heterocycles. The van der Waals surface area contributed by atoms with Crippen molar-refractivity contribution in [2.75, 3.05) is 11.9 Å². The van der Waals surface area contributed by atoms with Crippen LogP contribution in [-0.4, -0.2) is 16.5 Å². The van der Waals surface area contributed by atoms with Crippen molar-refractivity contribution in [1.29, 1.82) is 0 Å². The van der Waals surface area contributed by atoms with Gasteiger partial charge in [-0.3, -0.25) is 4.79 Å². The summed E-state index contributed by atoms with van der Waals surface area (Å²) in [4.78, 5) is 18.5. The number of benzene rings is 1. The Hall–Kier alpha value is -2.14. The molecule has 1 heterocycles. The highest BCUT2D eigenvalue weighted by molar-refractivity contribution is 5.35. The fourth-order valence-electron chi connectivity index (χ4n) is 1.95. The van der Waals surface area contributed by atoms with Gasteiger partial charge in [0.15, 0.2) is 0 Å². The first-order valence-corrected chi connectivity index (χ1v) is 6.83. The summed E-state index contributed by atoms with van der Waals surface area (Å²) >= 11 is 0. The molecule has 5 heteroatoms. The number of anilines is 1. The number of H-pyrrole nitrogens is 1. The van der Waals surface area contributed by atoms with Crippen molar-refractivity contribution in [2.45, 2.75) is 26.3 Å². The summed E-state index contributed by atoms with van der Waals surface area (Å²) in [5.74, 6) is 1.30. The highest BCUT2D eigenvalue weighted by Gasteiger charge is 2.00. The molecule has 0 bridgehead atoms. The van der Waals surface area contributed by atoms with Crippen LogP contribution >= 0.6 is 0 Å². The van der Waals surface area contributed by atoms with Crippen LogP contribution in [0.3, 0.4) is 0 Å². The highest BCUT2D eigenvalue weighted by Crippen LogP contribution is 2.07. The maximum absolute atomic E-state index is 11.5. The van der Waals surface area contributed by atoms with E-state index in [1.165, 1.54) is 11.6 Å². The zero-order valence-electron chi connectivity index (χ0n) is 11.6. The molecule has 2 aromatic rings. The molecule has 0 radical (unpaired) electrons. The number of nitrogens with one attached hydrogen (secondary N) is 2. The molecule has 20 heavy (non-hydrogen) atoms. The molecule has 2 rings (SSSR count). The topological polar surface area (TPSA) is 83.8 Å². The Morgan fingerprint density at radius 1 is 1.25 bits per heavy atom. The van der Waals surface area contributed by atoms with Crippen LogP contribution in [0.5, 0.6) is 0 Å². The van der Waals surface area contributed by atoms with Crippen LogP contribution in [0.2, 0.25) is 0 Å². The Labute approximate surface area is 118 Å². The molecule has 106 valence electrons. The summed E-state index contributed by atoms with van der Waals surface area (Å²) in [5, 5.41) is 3.17. The predicted molar refractivity (Wildman–Crippen MR) is 80.8 cm³/mol. The van der Waals surface area contributed by atoms with E-state index in [1.807, 2.05) is 6.92 Å². The van der Waals surface area contributed by atoms with Gasteiger partial charge in [0.1, 0.15) is 11.6 Å². The van der Waals surface area contributed by atoms with Gasteiger partial charge in [0, 0.05) is 19.0 Å². The molecule has 0 atom stereocenters. The minimum absolute atomic E-state index is 0.127. The number of aromatic amines is 1. The first kappa shape index (κ1) is 14.3. The number of nitrogens with two attached hydrogens (primary N) is 1. The van der Waals surface area contributed by atoms with E-state index >= 15 is 0 Å². The van der Waals surface area contributed by atoms with Gasteiger partial charge in [0.25, 0.3) is 5.56 Å². The molecule has 0 aliphatic rings. The molecule has 0 saturated carbocycles. The number of aryl methyl sites for hydroxylation is 1. The van der Waals surface area contributed by atoms with Crippen LogP contribution in [0.1, 0.15) is 23.9 Å². The zero-order chi connectivity index (χ0) is 14.4. The van der Waals surface area contributed by atoms with Gasteiger partial charge in [0.05, 0.1) is 0 Å². The maximum Gasteiger partial charge on any atom is 0.252 e. The molecule has 0 unspecified atom stereocenters. The number of rotatable bonds is 6. The van der Waals surface area contributed by atoms with E-state index in [-0.39, 0.29) is 5.56 Å². The van der Waals surface area contributed by atoms with Crippen LogP contribution < -0.4 is 16.6 Å². The Morgan fingerprint density at radius 2 is 1.95 bits per heavy atom. The van der Waals surface area contributed by atoms with Crippen molar-refractivity contribution >= 4 is 5.82 Å². The lowest BCUT2D eigenvalue weighted by Crippen LogP contribution is -2.13.